The topological polar surface area (TPSA) is 83.3 Å². The van der Waals surface area contributed by atoms with Gasteiger partial charge in [-0.25, -0.2) is 0 Å². The Morgan fingerprint density at radius 1 is 1.39 bits per heavy atom. The number of thiazole rings is 1. The Labute approximate surface area is 113 Å². The van der Waals surface area contributed by atoms with Gasteiger partial charge in [0.15, 0.2) is 3.95 Å². The number of ether oxygens (including phenoxy) is 1. The van der Waals surface area contributed by atoms with Crippen molar-refractivity contribution >= 4 is 35.3 Å². The van der Waals surface area contributed by atoms with E-state index in [4.69, 9.17) is 28.4 Å². The maximum Gasteiger partial charge on any atom is 0.262 e. The summed E-state index contributed by atoms with van der Waals surface area (Å²) in [7, 11) is 1.59. The van der Waals surface area contributed by atoms with Gasteiger partial charge in [0, 0.05) is 5.69 Å². The highest BCUT2D eigenvalue weighted by Crippen LogP contribution is 2.26. The number of aromatic nitrogens is 1. The van der Waals surface area contributed by atoms with Crippen LogP contribution in [0.5, 0.6) is 5.75 Å². The minimum Gasteiger partial charge on any atom is -0.497 e. The van der Waals surface area contributed by atoms with Crippen LogP contribution in [0.4, 0.5) is 5.82 Å². The first-order chi connectivity index (χ1) is 8.54. The fourth-order valence-corrected chi connectivity index (χ4v) is 2.76. The molecule has 0 saturated heterocycles. The minimum atomic E-state index is -0.573. The lowest BCUT2D eigenvalue weighted by atomic mass is 10.3. The molecular weight excluding hydrogens is 270 g/mol. The molecule has 0 unspecified atom stereocenters. The highest BCUT2D eigenvalue weighted by molar-refractivity contribution is 7.73. The third-order valence-electron chi connectivity index (χ3n) is 2.40. The Kier molecular flexibility index (Phi) is 3.35. The molecule has 18 heavy (non-hydrogen) atoms. The van der Waals surface area contributed by atoms with Crippen LogP contribution in [-0.4, -0.2) is 17.6 Å². The molecule has 0 fully saturated rings. The molecule has 0 atom stereocenters. The van der Waals surface area contributed by atoms with Gasteiger partial charge in [-0.2, -0.15) is 0 Å². The van der Waals surface area contributed by atoms with Crippen LogP contribution in [-0.2, 0) is 0 Å². The molecule has 0 bridgehead atoms. The monoisotopic (exact) mass is 281 g/mol. The Morgan fingerprint density at radius 2 is 2.00 bits per heavy atom. The third-order valence-corrected chi connectivity index (χ3v) is 3.80. The Hall–Kier alpha value is -1.86. The van der Waals surface area contributed by atoms with Gasteiger partial charge < -0.3 is 16.2 Å². The summed E-state index contributed by atoms with van der Waals surface area (Å²) in [6, 6.07) is 7.20. The number of hydrogen-bond donors (Lipinski definition) is 2. The number of hydrogen-bond acceptors (Lipinski definition) is 5. The van der Waals surface area contributed by atoms with Crippen LogP contribution in [0.15, 0.2) is 24.3 Å². The molecule has 5 nitrogen and oxygen atoms in total. The van der Waals surface area contributed by atoms with E-state index in [1.165, 1.54) is 0 Å². The van der Waals surface area contributed by atoms with E-state index < -0.39 is 5.91 Å². The van der Waals surface area contributed by atoms with Gasteiger partial charge in [0.1, 0.15) is 16.4 Å². The van der Waals surface area contributed by atoms with Crippen molar-refractivity contribution < 1.29 is 9.53 Å². The lowest BCUT2D eigenvalue weighted by Crippen LogP contribution is -2.12. The van der Waals surface area contributed by atoms with Crippen LogP contribution in [0.25, 0.3) is 5.69 Å². The maximum absolute atomic E-state index is 11.2. The van der Waals surface area contributed by atoms with Crippen molar-refractivity contribution in [3.8, 4) is 11.4 Å². The number of rotatable bonds is 3. The summed E-state index contributed by atoms with van der Waals surface area (Å²) < 4.78 is 7.16. The fourth-order valence-electron chi connectivity index (χ4n) is 1.54. The number of methoxy groups -OCH3 is 1. The first-order valence-corrected chi connectivity index (χ1v) is 6.22. The molecule has 0 aliphatic carbocycles. The zero-order valence-electron chi connectivity index (χ0n) is 9.54. The van der Waals surface area contributed by atoms with Gasteiger partial charge in [0.25, 0.3) is 5.91 Å². The predicted molar refractivity (Wildman–Crippen MR) is 74.0 cm³/mol. The van der Waals surface area contributed by atoms with Gasteiger partial charge in [-0.3, -0.25) is 9.36 Å². The van der Waals surface area contributed by atoms with Crippen LogP contribution in [0.3, 0.4) is 0 Å². The number of amides is 1. The normalized spacial score (nSPS) is 10.3. The Bertz CT molecular complexity index is 643. The van der Waals surface area contributed by atoms with E-state index in [1.807, 2.05) is 12.1 Å². The number of anilines is 1. The second-order valence-corrected chi connectivity index (χ2v) is 5.12. The van der Waals surface area contributed by atoms with Crippen LogP contribution >= 0.6 is 23.6 Å². The van der Waals surface area contributed by atoms with Gasteiger partial charge in [-0.05, 0) is 36.5 Å². The molecule has 1 heterocycles. The molecule has 0 aliphatic heterocycles. The summed E-state index contributed by atoms with van der Waals surface area (Å²) in [5.41, 5.74) is 11.9. The smallest absolute Gasteiger partial charge is 0.262 e. The molecule has 2 rings (SSSR count). The number of nitrogens with two attached hydrogens (primary N) is 2. The predicted octanol–water partition coefficient (Wildman–Crippen LogP) is 1.96. The highest BCUT2D eigenvalue weighted by Gasteiger charge is 2.15. The van der Waals surface area contributed by atoms with Gasteiger partial charge in [-0.1, -0.05) is 11.3 Å². The van der Waals surface area contributed by atoms with E-state index in [2.05, 4.69) is 0 Å². The van der Waals surface area contributed by atoms with Crippen LogP contribution in [0.2, 0.25) is 0 Å². The summed E-state index contributed by atoms with van der Waals surface area (Å²) in [5, 5.41) is 0. The van der Waals surface area contributed by atoms with Gasteiger partial charge in [-0.15, -0.1) is 0 Å². The Morgan fingerprint density at radius 3 is 2.44 bits per heavy atom. The summed E-state index contributed by atoms with van der Waals surface area (Å²) in [4.78, 5) is 11.5. The molecule has 1 aromatic carbocycles. The molecule has 2 aromatic rings. The standard InChI is InChI=1S/C11H11N3O2S2/c1-16-7-4-2-6(3-5-7)14-9(12)8(10(13)15)18-11(14)17/h2-5H,12H2,1H3,(H2,13,15). The number of carbonyl (C=O) groups excluding carboxylic acids is 1. The molecular formula is C11H11N3O2S2. The number of nitrogens with zero attached hydrogens (tertiary/aromatic N) is 1. The molecule has 0 spiro atoms. The lowest BCUT2D eigenvalue weighted by Gasteiger charge is -2.06. The largest absolute Gasteiger partial charge is 0.497 e. The van der Waals surface area contributed by atoms with Crippen molar-refractivity contribution in [3.63, 3.8) is 0 Å². The van der Waals surface area contributed by atoms with Crippen LogP contribution < -0.4 is 16.2 Å². The minimum absolute atomic E-state index is 0.266. The van der Waals surface area contributed by atoms with Gasteiger partial charge >= 0.3 is 0 Å². The van der Waals surface area contributed by atoms with Crippen LogP contribution in [0.1, 0.15) is 9.67 Å². The lowest BCUT2D eigenvalue weighted by molar-refractivity contribution is 0.100. The Balaban J connectivity index is 2.56. The molecule has 1 amide bonds. The zero-order chi connectivity index (χ0) is 13.3. The first-order valence-electron chi connectivity index (χ1n) is 5.00. The van der Waals surface area contributed by atoms with E-state index >= 15 is 0 Å². The van der Waals surface area contributed by atoms with Gasteiger partial charge in [0.05, 0.1) is 7.11 Å². The van der Waals surface area contributed by atoms with E-state index in [-0.39, 0.29) is 10.7 Å². The third kappa shape index (κ3) is 2.09. The van der Waals surface area contributed by atoms with Gasteiger partial charge in [0.2, 0.25) is 0 Å². The van der Waals surface area contributed by atoms with E-state index in [0.717, 1.165) is 22.8 Å². The van der Waals surface area contributed by atoms with Crippen molar-refractivity contribution in [1.29, 1.82) is 0 Å². The quantitative estimate of drug-likeness (QED) is 0.842. The van der Waals surface area contributed by atoms with E-state index in [1.54, 1.807) is 23.8 Å². The molecule has 94 valence electrons. The van der Waals surface area contributed by atoms with Crippen molar-refractivity contribution in [2.24, 2.45) is 5.73 Å². The summed E-state index contributed by atoms with van der Waals surface area (Å²) in [6.45, 7) is 0. The molecule has 4 N–H and O–H groups in total. The van der Waals surface area contributed by atoms with E-state index in [9.17, 15) is 4.79 Å². The van der Waals surface area contributed by atoms with Crippen molar-refractivity contribution in [1.82, 2.24) is 4.57 Å². The van der Waals surface area contributed by atoms with Crippen molar-refractivity contribution in [2.75, 3.05) is 12.8 Å². The summed E-state index contributed by atoms with van der Waals surface area (Å²) >= 11 is 6.29. The second kappa shape index (κ2) is 4.79. The number of benzene rings is 1. The van der Waals surface area contributed by atoms with E-state index in [0.29, 0.717) is 3.95 Å². The molecule has 0 saturated carbocycles. The SMILES string of the molecule is COc1ccc(-n2c(N)c(C(N)=O)sc2=S)cc1. The zero-order valence-corrected chi connectivity index (χ0v) is 11.2. The fraction of sp³-hybridized carbons (Fsp3) is 0.0909. The molecule has 0 radical (unpaired) electrons. The summed E-state index contributed by atoms with van der Waals surface area (Å²) in [5.74, 6) is 0.424. The van der Waals surface area contributed by atoms with Crippen LogP contribution in [0, 0.1) is 3.95 Å². The highest BCUT2D eigenvalue weighted by atomic mass is 32.1. The molecule has 7 heteroatoms. The molecule has 1 aromatic heterocycles. The van der Waals surface area contributed by atoms with Crippen molar-refractivity contribution in [2.45, 2.75) is 0 Å². The number of carbonyl (C=O) groups is 1. The average molecular weight is 281 g/mol. The molecule has 0 aliphatic rings. The summed E-state index contributed by atoms with van der Waals surface area (Å²) in [6.07, 6.45) is 0. The second-order valence-electron chi connectivity index (χ2n) is 3.48. The average Bonchev–Trinajstić information content (AvgIpc) is 2.65. The van der Waals surface area contributed by atoms with Crippen molar-refractivity contribution in [3.05, 3.63) is 33.1 Å². The number of primary amides is 1. The number of nitrogen functional groups attached to an aromatic ring is 1. The maximum atomic E-state index is 11.2. The first kappa shape index (κ1) is 12.6.